The van der Waals surface area contributed by atoms with Gasteiger partial charge in [-0.15, -0.1) is 0 Å². The highest BCUT2D eigenvalue weighted by Gasteiger charge is 2.03. The van der Waals surface area contributed by atoms with Crippen LogP contribution in [-0.4, -0.2) is 11.7 Å². The largest absolute Gasteiger partial charge is 0.378 e. The Labute approximate surface area is 133 Å². The van der Waals surface area contributed by atoms with Crippen LogP contribution in [0.4, 0.5) is 4.79 Å². The van der Waals surface area contributed by atoms with E-state index in [-0.39, 0.29) is 0 Å². The van der Waals surface area contributed by atoms with E-state index in [1.807, 2.05) is 37.3 Å². The highest BCUT2D eigenvalue weighted by molar-refractivity contribution is 6.30. The third kappa shape index (κ3) is 4.79. The Hall–Kier alpha value is -2.53. The summed E-state index contributed by atoms with van der Waals surface area (Å²) in [5.74, 6) is 0.474. The molecule has 5 nitrogen and oxygen atoms in total. The zero-order valence-corrected chi connectivity index (χ0v) is 12.8. The number of halogens is 1. The first-order valence-electron chi connectivity index (χ1n) is 6.79. The van der Waals surface area contributed by atoms with Gasteiger partial charge in [-0.25, -0.2) is 10.2 Å². The molecule has 0 atom stereocenters. The van der Waals surface area contributed by atoms with Crippen molar-refractivity contribution in [2.75, 3.05) is 0 Å². The molecule has 0 saturated carbocycles. The van der Waals surface area contributed by atoms with Gasteiger partial charge in [-0.2, -0.15) is 10.6 Å². The molecular formula is C16H16ClN3O2. The molecule has 22 heavy (non-hydrogen) atoms. The Morgan fingerprint density at radius 1 is 1.14 bits per heavy atom. The Morgan fingerprint density at radius 2 is 1.82 bits per heavy atom. The molecular weight excluding hydrogens is 302 g/mol. The summed E-state index contributed by atoms with van der Waals surface area (Å²) in [6, 6.07) is 15.7. The van der Waals surface area contributed by atoms with Crippen LogP contribution in [0.15, 0.2) is 59.7 Å². The molecule has 0 radical (unpaired) electrons. The number of hydrogen-bond acceptors (Lipinski definition) is 3. The summed E-state index contributed by atoms with van der Waals surface area (Å²) >= 11 is 5.76. The second-order valence-corrected chi connectivity index (χ2v) is 4.81. The maximum atomic E-state index is 11.7. The molecule has 0 bridgehead atoms. The molecule has 0 spiro atoms. The predicted molar refractivity (Wildman–Crippen MR) is 87.0 cm³/mol. The minimum Gasteiger partial charge on any atom is -0.378 e. The standard InChI is InChI=1S/C16H16ClN3O2/c1-2-15(12-6-4-3-5-7-12)18-19-16(21)20-22-14-10-8-13(17)9-11-14/h3-11H,2H2,1H3,(H2,19,20,21). The van der Waals surface area contributed by atoms with Crippen LogP contribution in [0.5, 0.6) is 5.75 Å². The van der Waals surface area contributed by atoms with Crippen LogP contribution in [0.3, 0.4) is 0 Å². The Bertz CT molecular complexity index is 642. The topological polar surface area (TPSA) is 62.7 Å². The summed E-state index contributed by atoms with van der Waals surface area (Å²) in [6.45, 7) is 1.97. The van der Waals surface area contributed by atoms with Crippen molar-refractivity contribution in [2.24, 2.45) is 5.10 Å². The maximum Gasteiger partial charge on any atom is 0.368 e. The van der Waals surface area contributed by atoms with Gasteiger partial charge in [0.15, 0.2) is 5.75 Å². The molecule has 114 valence electrons. The number of hydrogen-bond donors (Lipinski definition) is 2. The monoisotopic (exact) mass is 317 g/mol. The van der Waals surface area contributed by atoms with Crippen molar-refractivity contribution < 1.29 is 9.63 Å². The molecule has 0 unspecified atom stereocenters. The van der Waals surface area contributed by atoms with Crippen molar-refractivity contribution in [1.29, 1.82) is 0 Å². The number of nitrogens with zero attached hydrogens (tertiary/aromatic N) is 1. The minimum atomic E-state index is -0.558. The van der Waals surface area contributed by atoms with Gasteiger partial charge in [0, 0.05) is 5.02 Å². The first-order valence-corrected chi connectivity index (χ1v) is 7.17. The van der Waals surface area contributed by atoms with Crippen molar-refractivity contribution in [2.45, 2.75) is 13.3 Å². The van der Waals surface area contributed by atoms with Crippen LogP contribution in [0.2, 0.25) is 5.02 Å². The SMILES string of the molecule is CCC(=NNC(=O)NOc1ccc(Cl)cc1)c1ccccc1. The smallest absolute Gasteiger partial charge is 0.368 e. The molecule has 2 aromatic rings. The molecule has 0 aliphatic carbocycles. The van der Waals surface area contributed by atoms with Gasteiger partial charge in [0.25, 0.3) is 0 Å². The molecule has 2 aromatic carbocycles. The fourth-order valence-corrected chi connectivity index (χ4v) is 1.85. The summed E-state index contributed by atoms with van der Waals surface area (Å²) in [5, 5.41) is 4.69. The Morgan fingerprint density at radius 3 is 2.45 bits per heavy atom. The van der Waals surface area contributed by atoms with E-state index in [2.05, 4.69) is 16.0 Å². The maximum absolute atomic E-state index is 11.7. The second kappa shape index (κ2) is 8.05. The zero-order valence-electron chi connectivity index (χ0n) is 12.0. The third-order valence-corrected chi connectivity index (χ3v) is 3.06. The van der Waals surface area contributed by atoms with Gasteiger partial charge in [0.05, 0.1) is 5.71 Å². The molecule has 2 rings (SSSR count). The highest BCUT2D eigenvalue weighted by atomic mass is 35.5. The number of hydrazone groups is 1. The number of amides is 2. The van der Waals surface area contributed by atoms with Crippen LogP contribution in [0.25, 0.3) is 0 Å². The number of carbonyl (C=O) groups excluding carboxylic acids is 1. The fraction of sp³-hybridized carbons (Fsp3) is 0.125. The van der Waals surface area contributed by atoms with E-state index in [9.17, 15) is 4.79 Å². The molecule has 0 aliphatic rings. The van der Waals surface area contributed by atoms with E-state index >= 15 is 0 Å². The first kappa shape index (κ1) is 15.9. The van der Waals surface area contributed by atoms with Gasteiger partial charge in [-0.1, -0.05) is 48.9 Å². The number of nitrogens with one attached hydrogen (secondary N) is 2. The van der Waals surface area contributed by atoms with E-state index in [0.29, 0.717) is 17.2 Å². The van der Waals surface area contributed by atoms with Crippen LogP contribution >= 0.6 is 11.6 Å². The molecule has 2 amide bonds. The molecule has 2 N–H and O–H groups in total. The Kier molecular flexibility index (Phi) is 5.80. The number of urea groups is 1. The number of carbonyl (C=O) groups is 1. The van der Waals surface area contributed by atoms with Crippen molar-refractivity contribution in [3.05, 3.63) is 65.2 Å². The second-order valence-electron chi connectivity index (χ2n) is 4.38. The first-order chi connectivity index (χ1) is 10.7. The highest BCUT2D eigenvalue weighted by Crippen LogP contribution is 2.14. The number of rotatable bonds is 5. The van der Waals surface area contributed by atoms with Gasteiger partial charge < -0.3 is 4.84 Å². The van der Waals surface area contributed by atoms with E-state index in [1.54, 1.807) is 24.3 Å². The average molecular weight is 318 g/mol. The van der Waals surface area contributed by atoms with E-state index in [1.165, 1.54) is 0 Å². The summed E-state index contributed by atoms with van der Waals surface area (Å²) in [6.07, 6.45) is 0.697. The van der Waals surface area contributed by atoms with E-state index < -0.39 is 6.03 Å². The molecule has 0 aliphatic heterocycles. The summed E-state index contributed by atoms with van der Waals surface area (Å²) in [5.41, 5.74) is 6.39. The van der Waals surface area contributed by atoms with Gasteiger partial charge in [0.1, 0.15) is 0 Å². The van der Waals surface area contributed by atoms with Gasteiger partial charge in [-0.05, 0) is 36.2 Å². The van der Waals surface area contributed by atoms with Crippen LogP contribution in [0, 0.1) is 0 Å². The molecule has 0 heterocycles. The Balaban J connectivity index is 1.88. The van der Waals surface area contributed by atoms with Crippen LogP contribution in [0.1, 0.15) is 18.9 Å². The third-order valence-electron chi connectivity index (χ3n) is 2.81. The van der Waals surface area contributed by atoms with Crippen molar-refractivity contribution in [3.63, 3.8) is 0 Å². The average Bonchev–Trinajstić information content (AvgIpc) is 2.56. The lowest BCUT2D eigenvalue weighted by molar-refractivity contribution is 0.178. The van der Waals surface area contributed by atoms with Gasteiger partial charge in [-0.3, -0.25) is 0 Å². The summed E-state index contributed by atoms with van der Waals surface area (Å²) < 4.78 is 0. The van der Waals surface area contributed by atoms with Gasteiger partial charge >= 0.3 is 6.03 Å². The van der Waals surface area contributed by atoms with Crippen molar-refractivity contribution in [1.82, 2.24) is 10.9 Å². The van der Waals surface area contributed by atoms with Crippen LogP contribution < -0.4 is 15.7 Å². The lowest BCUT2D eigenvalue weighted by Crippen LogP contribution is -2.35. The molecule has 6 heteroatoms. The predicted octanol–water partition coefficient (Wildman–Crippen LogP) is 3.75. The van der Waals surface area contributed by atoms with Crippen molar-refractivity contribution >= 4 is 23.3 Å². The number of hydroxylamine groups is 1. The normalized spacial score (nSPS) is 10.9. The molecule has 0 aromatic heterocycles. The fourth-order valence-electron chi connectivity index (χ4n) is 1.73. The number of benzene rings is 2. The minimum absolute atomic E-state index is 0.474. The van der Waals surface area contributed by atoms with Crippen molar-refractivity contribution in [3.8, 4) is 5.75 Å². The van der Waals surface area contributed by atoms with E-state index in [4.69, 9.17) is 16.4 Å². The van der Waals surface area contributed by atoms with E-state index in [0.717, 1.165) is 11.3 Å². The molecule has 0 saturated heterocycles. The lowest BCUT2D eigenvalue weighted by atomic mass is 10.1. The van der Waals surface area contributed by atoms with Gasteiger partial charge in [0.2, 0.25) is 0 Å². The lowest BCUT2D eigenvalue weighted by Gasteiger charge is -2.08. The summed E-state index contributed by atoms with van der Waals surface area (Å²) in [7, 11) is 0. The summed E-state index contributed by atoms with van der Waals surface area (Å²) in [4.78, 5) is 16.8. The quantitative estimate of drug-likeness (QED) is 0.651. The zero-order chi connectivity index (χ0) is 15.8. The van der Waals surface area contributed by atoms with Crippen LogP contribution in [-0.2, 0) is 0 Å². The molecule has 0 fully saturated rings.